The number of nitriles is 1. The Morgan fingerprint density at radius 1 is 1.10 bits per heavy atom. The number of anilines is 1. The van der Waals surface area contributed by atoms with Gasteiger partial charge in [0.25, 0.3) is 11.8 Å². The third kappa shape index (κ3) is 4.11. The van der Waals surface area contributed by atoms with Crippen LogP contribution in [0.25, 0.3) is 5.88 Å². The molecule has 0 atom stereocenters. The zero-order chi connectivity index (χ0) is 21.8. The van der Waals surface area contributed by atoms with Crippen LogP contribution in [0.3, 0.4) is 0 Å². The maximum absolute atomic E-state index is 12.8. The van der Waals surface area contributed by atoms with Gasteiger partial charge in [-0.2, -0.15) is 5.26 Å². The van der Waals surface area contributed by atoms with Crippen LogP contribution >= 0.6 is 0 Å². The number of carbonyl (C=O) groups excluding carboxylic acids is 2. The Bertz CT molecular complexity index is 1260. The van der Waals surface area contributed by atoms with Gasteiger partial charge in [-0.25, -0.2) is 0 Å². The predicted molar refractivity (Wildman–Crippen MR) is 112 cm³/mol. The van der Waals surface area contributed by atoms with E-state index in [1.807, 2.05) is 6.07 Å². The van der Waals surface area contributed by atoms with Crippen molar-refractivity contribution in [1.82, 2.24) is 9.88 Å². The van der Waals surface area contributed by atoms with Crippen LogP contribution in [0, 0.1) is 18.3 Å². The quantitative estimate of drug-likeness (QED) is 0.495. The van der Waals surface area contributed by atoms with Crippen LogP contribution in [0.5, 0.6) is 0 Å². The molecule has 4 rings (SSSR count). The number of rotatable bonds is 6. The van der Waals surface area contributed by atoms with Gasteiger partial charge in [0.15, 0.2) is 5.76 Å². The normalized spacial score (nSPS) is 10.5. The lowest BCUT2D eigenvalue weighted by atomic mass is 10.1. The molecule has 0 saturated carbocycles. The van der Waals surface area contributed by atoms with E-state index in [1.165, 1.54) is 6.26 Å². The van der Waals surface area contributed by atoms with E-state index < -0.39 is 5.91 Å². The molecule has 31 heavy (non-hydrogen) atoms. The van der Waals surface area contributed by atoms with Crippen molar-refractivity contribution in [2.75, 3.05) is 5.32 Å². The number of aromatic nitrogens is 1. The summed E-state index contributed by atoms with van der Waals surface area (Å²) in [6.45, 7) is 1.85. The molecular weight excluding hydrogens is 396 g/mol. The fourth-order valence-corrected chi connectivity index (χ4v) is 3.19. The minimum absolute atomic E-state index is 0.172. The van der Waals surface area contributed by atoms with Crippen molar-refractivity contribution in [2.24, 2.45) is 0 Å². The molecule has 8 nitrogen and oxygen atoms in total. The topological polar surface area (TPSA) is 113 Å². The number of aryl methyl sites for hydroxylation is 1. The van der Waals surface area contributed by atoms with Crippen molar-refractivity contribution >= 4 is 17.5 Å². The average molecular weight is 414 g/mol. The highest BCUT2D eigenvalue weighted by Crippen LogP contribution is 2.25. The van der Waals surface area contributed by atoms with Crippen molar-refractivity contribution in [3.63, 3.8) is 0 Å². The lowest BCUT2D eigenvalue weighted by Crippen LogP contribution is -2.24. The van der Waals surface area contributed by atoms with Gasteiger partial charge in [-0.1, -0.05) is 12.1 Å². The Balaban J connectivity index is 1.47. The molecule has 0 spiro atoms. The molecule has 2 amide bonds. The lowest BCUT2D eigenvalue weighted by Gasteiger charge is -2.08. The second kappa shape index (κ2) is 8.47. The van der Waals surface area contributed by atoms with E-state index in [2.05, 4.69) is 16.7 Å². The van der Waals surface area contributed by atoms with Crippen LogP contribution in [0.15, 0.2) is 76.0 Å². The summed E-state index contributed by atoms with van der Waals surface area (Å²) in [4.78, 5) is 24.9. The fraction of sp³-hybridized carbons (Fsp3) is 0.0870. The van der Waals surface area contributed by atoms with Crippen molar-refractivity contribution in [3.05, 3.63) is 95.4 Å². The highest BCUT2D eigenvalue weighted by Gasteiger charge is 2.24. The molecule has 0 bridgehead atoms. The number of hydrogen-bond acceptors (Lipinski definition) is 5. The van der Waals surface area contributed by atoms with Crippen molar-refractivity contribution < 1.29 is 18.4 Å². The average Bonchev–Trinajstić information content (AvgIpc) is 3.52. The zero-order valence-corrected chi connectivity index (χ0v) is 16.6. The van der Waals surface area contributed by atoms with Crippen molar-refractivity contribution in [1.29, 1.82) is 5.26 Å². The minimum Gasteiger partial charge on any atom is -0.459 e. The molecule has 2 N–H and O–H groups in total. The molecule has 0 fully saturated rings. The van der Waals surface area contributed by atoms with Crippen LogP contribution in [0.2, 0.25) is 0 Å². The van der Waals surface area contributed by atoms with Gasteiger partial charge < -0.3 is 19.5 Å². The van der Waals surface area contributed by atoms with Gasteiger partial charge in [-0.05, 0) is 48.9 Å². The van der Waals surface area contributed by atoms with E-state index in [4.69, 9.17) is 8.83 Å². The second-order valence-electron chi connectivity index (χ2n) is 6.73. The third-order valence-corrected chi connectivity index (χ3v) is 4.63. The minimum atomic E-state index is -0.416. The predicted octanol–water partition coefficient (Wildman–Crippen LogP) is 4.03. The standard InChI is InChI=1S/C23H18N4O4/c1-15-20(18(13-24)23(31-15)27-9-2-3-10-27)22(29)25-14-16-6-4-7-17(12-16)26-21(28)19-8-5-11-30-19/h2-12H,14H2,1H3,(H,25,29)(H,26,28). The van der Waals surface area contributed by atoms with Gasteiger partial charge in [0.2, 0.25) is 5.88 Å². The number of amides is 2. The van der Waals surface area contributed by atoms with Gasteiger partial charge in [0.1, 0.15) is 23.0 Å². The van der Waals surface area contributed by atoms with Gasteiger partial charge in [-0.3, -0.25) is 14.2 Å². The molecule has 3 aromatic heterocycles. The summed E-state index contributed by atoms with van der Waals surface area (Å²) in [7, 11) is 0. The second-order valence-corrected chi connectivity index (χ2v) is 6.73. The van der Waals surface area contributed by atoms with Crippen LogP contribution < -0.4 is 10.6 Å². The summed E-state index contributed by atoms with van der Waals surface area (Å²) in [5.74, 6) is 0.0873. The van der Waals surface area contributed by atoms with E-state index in [-0.39, 0.29) is 29.3 Å². The van der Waals surface area contributed by atoms with Crippen LogP contribution in [-0.4, -0.2) is 16.4 Å². The summed E-state index contributed by atoms with van der Waals surface area (Å²) in [6, 6.07) is 16.0. The van der Waals surface area contributed by atoms with E-state index in [0.29, 0.717) is 17.3 Å². The van der Waals surface area contributed by atoms with E-state index in [9.17, 15) is 14.9 Å². The highest BCUT2D eigenvalue weighted by atomic mass is 16.4. The SMILES string of the molecule is Cc1oc(-n2cccc2)c(C#N)c1C(=O)NCc1cccc(NC(=O)c2ccco2)c1. The molecule has 0 aliphatic rings. The molecule has 0 unspecified atom stereocenters. The summed E-state index contributed by atoms with van der Waals surface area (Å²) in [5.41, 5.74) is 1.72. The molecule has 1 aromatic carbocycles. The first-order valence-electron chi connectivity index (χ1n) is 9.45. The summed E-state index contributed by atoms with van der Waals surface area (Å²) in [5, 5.41) is 15.1. The maximum Gasteiger partial charge on any atom is 0.291 e. The Kier molecular flexibility index (Phi) is 5.41. The number of hydrogen-bond donors (Lipinski definition) is 2. The molecule has 4 aromatic rings. The lowest BCUT2D eigenvalue weighted by molar-refractivity contribution is 0.0947. The first-order valence-corrected chi connectivity index (χ1v) is 9.45. The maximum atomic E-state index is 12.8. The summed E-state index contributed by atoms with van der Waals surface area (Å²) < 4.78 is 12.4. The Morgan fingerprint density at radius 3 is 2.61 bits per heavy atom. The van der Waals surface area contributed by atoms with Crippen molar-refractivity contribution in [3.8, 4) is 12.0 Å². The molecule has 154 valence electrons. The zero-order valence-electron chi connectivity index (χ0n) is 16.6. The smallest absolute Gasteiger partial charge is 0.291 e. The number of nitrogens with one attached hydrogen (secondary N) is 2. The molecule has 0 saturated heterocycles. The van der Waals surface area contributed by atoms with Gasteiger partial charge in [-0.15, -0.1) is 0 Å². The number of benzene rings is 1. The third-order valence-electron chi connectivity index (χ3n) is 4.63. The molecular formula is C23H18N4O4. The summed E-state index contributed by atoms with van der Waals surface area (Å²) in [6.07, 6.45) is 4.91. The molecule has 0 radical (unpaired) electrons. The van der Waals surface area contributed by atoms with E-state index >= 15 is 0 Å². The van der Waals surface area contributed by atoms with E-state index in [0.717, 1.165) is 5.56 Å². The van der Waals surface area contributed by atoms with Crippen molar-refractivity contribution in [2.45, 2.75) is 13.5 Å². The van der Waals surface area contributed by atoms with E-state index in [1.54, 1.807) is 66.3 Å². The molecule has 0 aliphatic heterocycles. The molecule has 3 heterocycles. The molecule has 8 heteroatoms. The molecule has 0 aliphatic carbocycles. The fourth-order valence-electron chi connectivity index (χ4n) is 3.19. The Hall–Kier alpha value is -4.51. The largest absolute Gasteiger partial charge is 0.459 e. The highest BCUT2D eigenvalue weighted by molar-refractivity contribution is 6.02. The number of nitrogens with zero attached hydrogens (tertiary/aromatic N) is 2. The summed E-state index contributed by atoms with van der Waals surface area (Å²) >= 11 is 0. The van der Waals surface area contributed by atoms with Crippen LogP contribution in [-0.2, 0) is 6.54 Å². The Morgan fingerprint density at radius 2 is 1.90 bits per heavy atom. The van der Waals surface area contributed by atoms with Gasteiger partial charge >= 0.3 is 0 Å². The first-order chi connectivity index (χ1) is 15.1. The van der Waals surface area contributed by atoms with Crippen LogP contribution in [0.4, 0.5) is 5.69 Å². The van der Waals surface area contributed by atoms with Gasteiger partial charge in [0.05, 0.1) is 6.26 Å². The number of furan rings is 2. The monoisotopic (exact) mass is 414 g/mol. The first kappa shape index (κ1) is 19.8. The van der Waals surface area contributed by atoms with Crippen LogP contribution in [0.1, 0.15) is 37.8 Å². The Labute approximate surface area is 177 Å². The van der Waals surface area contributed by atoms with Gasteiger partial charge in [0, 0.05) is 24.6 Å². The number of carbonyl (C=O) groups is 2.